The minimum absolute atomic E-state index is 0.111. The molecule has 174 valence electrons. The van der Waals surface area contributed by atoms with Crippen LogP contribution in [0, 0.1) is 17.7 Å². The van der Waals surface area contributed by atoms with Crippen LogP contribution in [-0.2, 0) is 34.0 Å². The molecule has 0 saturated carbocycles. The first-order valence-electron chi connectivity index (χ1n) is 10.4. The average molecular weight is 448 g/mol. The van der Waals surface area contributed by atoms with Gasteiger partial charge in [-0.15, -0.1) is 5.10 Å². The van der Waals surface area contributed by atoms with E-state index >= 15 is 0 Å². The van der Waals surface area contributed by atoms with Crippen molar-refractivity contribution in [3.63, 3.8) is 0 Å². The van der Waals surface area contributed by atoms with Crippen LogP contribution >= 0.6 is 0 Å². The van der Waals surface area contributed by atoms with Crippen LogP contribution in [0.3, 0.4) is 0 Å². The third-order valence-corrected chi connectivity index (χ3v) is 4.68. The number of carbonyl (C=O) groups excluding carboxylic acids is 3. The fourth-order valence-corrected chi connectivity index (χ4v) is 3.08. The van der Waals surface area contributed by atoms with Crippen LogP contribution in [0.1, 0.15) is 44.4 Å². The van der Waals surface area contributed by atoms with Crippen molar-refractivity contribution in [3.8, 4) is 0 Å². The minimum Gasteiger partial charge on any atom is -0.352 e. The molecule has 1 atom stereocenters. The Morgan fingerprint density at radius 2 is 1.81 bits per heavy atom. The van der Waals surface area contributed by atoms with Crippen LogP contribution in [0.4, 0.5) is 4.39 Å². The van der Waals surface area contributed by atoms with Gasteiger partial charge in [0.05, 0.1) is 19.3 Å². The van der Waals surface area contributed by atoms with Gasteiger partial charge in [0.15, 0.2) is 0 Å². The Hall–Kier alpha value is -3.34. The predicted octanol–water partition coefficient (Wildman–Crippen LogP) is 1.30. The quantitative estimate of drug-likeness (QED) is 0.285. The molecule has 32 heavy (non-hydrogen) atoms. The van der Waals surface area contributed by atoms with Gasteiger partial charge in [0, 0.05) is 25.3 Å². The number of hydrogen-bond donors (Lipinski definition) is 4. The molecule has 1 aromatic carbocycles. The molecule has 2 rings (SSSR count). The lowest BCUT2D eigenvalue weighted by Crippen LogP contribution is -2.34. The summed E-state index contributed by atoms with van der Waals surface area (Å²) >= 11 is 0. The maximum atomic E-state index is 12.9. The van der Waals surface area contributed by atoms with E-state index in [1.54, 1.807) is 23.8 Å². The highest BCUT2D eigenvalue weighted by Crippen LogP contribution is 2.16. The monoisotopic (exact) mass is 448 g/mol. The number of amides is 3. The second kappa shape index (κ2) is 12.5. The fourth-order valence-electron chi connectivity index (χ4n) is 3.08. The molecule has 0 aliphatic carbocycles. The van der Waals surface area contributed by atoms with Crippen LogP contribution in [0.2, 0.25) is 0 Å². The van der Waals surface area contributed by atoms with Crippen LogP contribution in [0.5, 0.6) is 0 Å². The topological polar surface area (TPSA) is 138 Å². The number of nitrogens with zero attached hydrogens (tertiary/aromatic N) is 3. The minimum atomic E-state index is -0.616. The summed E-state index contributed by atoms with van der Waals surface area (Å²) in [4.78, 5) is 35.9. The summed E-state index contributed by atoms with van der Waals surface area (Å²) in [6, 6.07) is 5.89. The molecule has 4 N–H and O–H groups in total. The molecule has 10 nitrogen and oxygen atoms in total. The molecule has 2 aromatic rings. The standard InChI is InChI=1S/C21H29FN6O4/c1-14(2)9-16(10-20(30)26-32)21(31)24-12-18-13-28(27-25-18)8-7-19(29)23-11-15-3-5-17(22)6-4-15/h3-6,13-14,16,32H,7-12H2,1-2H3,(H,23,29)(H,24,31)(H,26,30). The largest absolute Gasteiger partial charge is 0.352 e. The molecular formula is C21H29FN6O4. The van der Waals surface area contributed by atoms with E-state index in [2.05, 4.69) is 20.9 Å². The average Bonchev–Trinajstić information content (AvgIpc) is 3.22. The molecule has 1 aromatic heterocycles. The molecule has 0 fully saturated rings. The zero-order chi connectivity index (χ0) is 23.5. The second-order valence-corrected chi connectivity index (χ2v) is 7.91. The zero-order valence-electron chi connectivity index (χ0n) is 18.2. The molecule has 0 spiro atoms. The number of nitrogens with one attached hydrogen (secondary N) is 3. The Balaban J connectivity index is 1.76. The van der Waals surface area contributed by atoms with Crippen molar-refractivity contribution in [2.75, 3.05) is 0 Å². The molecule has 1 unspecified atom stereocenters. The smallest absolute Gasteiger partial charge is 0.244 e. The van der Waals surface area contributed by atoms with Gasteiger partial charge in [-0.1, -0.05) is 31.2 Å². The van der Waals surface area contributed by atoms with Crippen molar-refractivity contribution < 1.29 is 24.0 Å². The van der Waals surface area contributed by atoms with E-state index in [-0.39, 0.29) is 42.9 Å². The Kier molecular flexibility index (Phi) is 9.74. The number of aryl methyl sites for hydroxylation is 1. The number of benzene rings is 1. The molecule has 0 aliphatic rings. The molecule has 3 amide bonds. The van der Waals surface area contributed by atoms with Gasteiger partial charge in [0.1, 0.15) is 11.5 Å². The summed E-state index contributed by atoms with van der Waals surface area (Å²) < 4.78 is 14.4. The summed E-state index contributed by atoms with van der Waals surface area (Å²) in [5.41, 5.74) is 2.86. The van der Waals surface area contributed by atoms with Gasteiger partial charge in [-0.3, -0.25) is 24.3 Å². The van der Waals surface area contributed by atoms with Crippen molar-refractivity contribution in [1.29, 1.82) is 0 Å². The summed E-state index contributed by atoms with van der Waals surface area (Å²) in [6.45, 7) is 4.63. The SMILES string of the molecule is CC(C)CC(CC(=O)NO)C(=O)NCc1cn(CCC(=O)NCc2ccc(F)cc2)nn1. The normalized spacial score (nSPS) is 11.8. The lowest BCUT2D eigenvalue weighted by atomic mass is 9.93. The maximum Gasteiger partial charge on any atom is 0.244 e. The third-order valence-electron chi connectivity index (χ3n) is 4.68. The Morgan fingerprint density at radius 1 is 1.09 bits per heavy atom. The van der Waals surface area contributed by atoms with Crippen molar-refractivity contribution in [2.45, 2.75) is 52.7 Å². The predicted molar refractivity (Wildman–Crippen MR) is 112 cm³/mol. The van der Waals surface area contributed by atoms with Crippen LogP contribution in [0.15, 0.2) is 30.5 Å². The summed E-state index contributed by atoms with van der Waals surface area (Å²) in [7, 11) is 0. The first-order valence-corrected chi connectivity index (χ1v) is 10.4. The van der Waals surface area contributed by atoms with Crippen molar-refractivity contribution >= 4 is 17.7 Å². The Morgan fingerprint density at radius 3 is 2.47 bits per heavy atom. The van der Waals surface area contributed by atoms with Gasteiger partial charge in [-0.25, -0.2) is 9.87 Å². The van der Waals surface area contributed by atoms with E-state index < -0.39 is 11.8 Å². The highest BCUT2D eigenvalue weighted by atomic mass is 19.1. The molecule has 1 heterocycles. The number of aromatic nitrogens is 3. The number of rotatable bonds is 12. The molecule has 0 radical (unpaired) electrons. The Bertz CT molecular complexity index is 900. The maximum absolute atomic E-state index is 12.9. The zero-order valence-corrected chi connectivity index (χ0v) is 18.2. The number of hydrogen-bond acceptors (Lipinski definition) is 6. The van der Waals surface area contributed by atoms with Gasteiger partial charge in [-0.2, -0.15) is 0 Å². The first-order chi connectivity index (χ1) is 15.3. The van der Waals surface area contributed by atoms with E-state index in [0.29, 0.717) is 25.2 Å². The van der Waals surface area contributed by atoms with Crippen molar-refractivity contribution in [3.05, 3.63) is 47.5 Å². The second-order valence-electron chi connectivity index (χ2n) is 7.91. The first kappa shape index (κ1) is 24.9. The van der Waals surface area contributed by atoms with E-state index in [1.807, 2.05) is 13.8 Å². The van der Waals surface area contributed by atoms with E-state index in [4.69, 9.17) is 5.21 Å². The molecular weight excluding hydrogens is 419 g/mol. The van der Waals surface area contributed by atoms with Crippen molar-refractivity contribution in [2.24, 2.45) is 11.8 Å². The highest BCUT2D eigenvalue weighted by molar-refractivity contribution is 5.85. The lowest BCUT2D eigenvalue weighted by Gasteiger charge is -2.17. The van der Waals surface area contributed by atoms with Gasteiger partial charge < -0.3 is 10.6 Å². The number of halogens is 1. The van der Waals surface area contributed by atoms with Gasteiger partial charge in [0.2, 0.25) is 17.7 Å². The summed E-state index contributed by atoms with van der Waals surface area (Å²) in [6.07, 6.45) is 2.20. The van der Waals surface area contributed by atoms with E-state index in [0.717, 1.165) is 5.56 Å². The number of hydroxylamine groups is 1. The fraction of sp³-hybridized carbons (Fsp3) is 0.476. The molecule has 0 bridgehead atoms. The molecule has 0 aliphatic heterocycles. The highest BCUT2D eigenvalue weighted by Gasteiger charge is 2.23. The molecule has 0 saturated heterocycles. The van der Waals surface area contributed by atoms with Gasteiger partial charge >= 0.3 is 0 Å². The van der Waals surface area contributed by atoms with Gasteiger partial charge in [-0.05, 0) is 30.0 Å². The van der Waals surface area contributed by atoms with Crippen LogP contribution < -0.4 is 16.1 Å². The lowest BCUT2D eigenvalue weighted by molar-refractivity contribution is -0.135. The van der Waals surface area contributed by atoms with Crippen molar-refractivity contribution in [1.82, 2.24) is 31.1 Å². The van der Waals surface area contributed by atoms with Gasteiger partial charge in [0.25, 0.3) is 0 Å². The Labute approximate surface area is 185 Å². The van der Waals surface area contributed by atoms with Crippen LogP contribution in [0.25, 0.3) is 0 Å². The van der Waals surface area contributed by atoms with Crippen LogP contribution in [-0.4, -0.2) is 37.9 Å². The van der Waals surface area contributed by atoms with E-state index in [9.17, 15) is 18.8 Å². The molecule has 11 heteroatoms. The summed E-state index contributed by atoms with van der Waals surface area (Å²) in [5, 5.41) is 22.1. The number of carbonyl (C=O) groups is 3. The summed E-state index contributed by atoms with van der Waals surface area (Å²) in [5.74, 6) is -1.80. The van der Waals surface area contributed by atoms with E-state index in [1.165, 1.54) is 16.8 Å². The third kappa shape index (κ3) is 8.80.